The average Bonchev–Trinajstić information content (AvgIpc) is 1.57. The monoisotopic (exact) mass is 1910 g/mol. The number of benzene rings is 22. The minimum Gasteiger partial charge on any atom is -0.456 e. The highest BCUT2D eigenvalue weighted by Gasteiger charge is 2.28. The van der Waals surface area contributed by atoms with E-state index in [2.05, 4.69) is 546 Å². The third-order valence-corrected chi connectivity index (χ3v) is 31.4. The Hall–Kier alpha value is -19.6. The van der Waals surface area contributed by atoms with Crippen molar-refractivity contribution in [3.05, 3.63) is 528 Å². The first-order valence-electron chi connectivity index (χ1n) is 50.5. The molecule has 148 heavy (non-hydrogen) atoms. The highest BCUT2D eigenvalue weighted by Crippen LogP contribution is 2.49. The summed E-state index contributed by atoms with van der Waals surface area (Å²) in [6.07, 6.45) is 0. The molecule has 10 nitrogen and oxygen atoms in total. The smallest absolute Gasteiger partial charge is 0.138 e. The zero-order chi connectivity index (χ0) is 97.1. The van der Waals surface area contributed by atoms with Crippen LogP contribution in [0.2, 0.25) is 0 Å². The van der Waals surface area contributed by atoms with Crippen molar-refractivity contribution in [2.45, 2.75) is 0 Å². The minimum absolute atomic E-state index is 0.909. The van der Waals surface area contributed by atoms with Crippen LogP contribution >= 0.6 is 11.3 Å². The number of furan rings is 1. The number of nitrogens with zero attached hydrogens (tertiary/aromatic N) is 9. The summed E-state index contributed by atoms with van der Waals surface area (Å²) in [5.74, 6) is 0.914. The quantitative estimate of drug-likeness (QED) is 0.145. The number of thiophene rings is 1. The van der Waals surface area contributed by atoms with Crippen LogP contribution in [0.25, 0.3) is 273 Å². The van der Waals surface area contributed by atoms with Crippen molar-refractivity contribution in [3.63, 3.8) is 0 Å². The number of hydrogen-bond acceptors (Lipinski definition) is 3. The maximum Gasteiger partial charge on any atom is 0.138 e. The highest BCUT2D eigenvalue weighted by molar-refractivity contribution is 7.25. The second-order valence-corrected chi connectivity index (χ2v) is 39.3. The van der Waals surface area contributed by atoms with Crippen molar-refractivity contribution in [3.8, 4) is 56.9 Å². The number of fused-ring (bicyclic) bond motifs is 30. The van der Waals surface area contributed by atoms with Crippen LogP contribution in [0.1, 0.15) is 0 Å². The molecule has 0 N–H and O–H groups in total. The number of aromatic nitrogens is 9. The molecule has 0 fully saturated rings. The molecule has 11 heteroatoms. The van der Waals surface area contributed by atoms with Crippen LogP contribution in [0.5, 0.6) is 0 Å². The van der Waals surface area contributed by atoms with Crippen molar-refractivity contribution in [2.75, 3.05) is 0 Å². The molecule has 11 heterocycles. The van der Waals surface area contributed by atoms with Gasteiger partial charge in [-0.1, -0.05) is 334 Å². The zero-order valence-electron chi connectivity index (χ0n) is 80.1. The van der Waals surface area contributed by atoms with Crippen molar-refractivity contribution in [1.29, 1.82) is 0 Å². The lowest BCUT2D eigenvalue weighted by Gasteiger charge is -2.11. The van der Waals surface area contributed by atoms with Gasteiger partial charge in [-0.3, -0.25) is 4.57 Å². The molecule has 11 aromatic heterocycles. The van der Waals surface area contributed by atoms with Crippen LogP contribution in [-0.4, -0.2) is 41.5 Å². The first-order valence-corrected chi connectivity index (χ1v) is 51.3. The molecule has 692 valence electrons. The number of rotatable bonds is 9. The van der Waals surface area contributed by atoms with Crippen molar-refractivity contribution in [2.24, 2.45) is 0 Å². The molecule has 33 aromatic rings. The standard InChI is InChI=1S/C36H22N2O.C36H22N2S.C35H23N3.C30H20N2/c2*1-5-14-29-24(10-1)25-11-2-6-15-30(25)38(29)33-18-9-17-32-36(33)27-13-3-7-16-31(27)37(32)23-20-21-35-28(22-23)26-12-4-8-19-34(26)39-35;1-2-12-24(13-3-1)28-17-10-23-34(36-28)38-31-20-9-6-16-27(31)35-32(21-11-22-33(35)38)37-29-18-7-4-14-25(29)26-15-5-8-19-30(26)37;1-2-11-21(12-3-1)31-27-18-9-6-15-24(27)30-28(31)19-10-20-29(30)32-25-16-7-4-13-22(25)23-14-5-8-17-26(23)32/h2*1-22H;1-23H;1-20H. The Balaban J connectivity index is 0.0000000913. The van der Waals surface area contributed by atoms with E-state index < -0.39 is 0 Å². The summed E-state index contributed by atoms with van der Waals surface area (Å²) in [7, 11) is 0. The molecule has 0 unspecified atom stereocenters. The zero-order valence-corrected chi connectivity index (χ0v) is 80.9. The molecule has 0 atom stereocenters. The summed E-state index contributed by atoms with van der Waals surface area (Å²) < 4.78 is 28.0. The lowest BCUT2D eigenvalue weighted by molar-refractivity contribution is 0.669. The first kappa shape index (κ1) is 84.1. The van der Waals surface area contributed by atoms with Crippen LogP contribution in [-0.2, 0) is 0 Å². The van der Waals surface area contributed by atoms with Gasteiger partial charge in [0.2, 0.25) is 0 Å². The molecule has 0 spiro atoms. The van der Waals surface area contributed by atoms with E-state index in [0.717, 1.165) is 55.7 Å². The van der Waals surface area contributed by atoms with Gasteiger partial charge < -0.3 is 36.4 Å². The lowest BCUT2D eigenvalue weighted by atomic mass is 10.1. The predicted octanol–water partition coefficient (Wildman–Crippen LogP) is 36.9. The van der Waals surface area contributed by atoms with Crippen LogP contribution in [0.4, 0.5) is 0 Å². The molecule has 0 aliphatic heterocycles. The minimum atomic E-state index is 0.909. The van der Waals surface area contributed by atoms with Crippen LogP contribution in [0, 0.1) is 0 Å². The molecule has 22 aromatic carbocycles. The largest absolute Gasteiger partial charge is 0.456 e. The van der Waals surface area contributed by atoms with Crippen molar-refractivity contribution >= 4 is 228 Å². The van der Waals surface area contributed by atoms with Gasteiger partial charge in [0.15, 0.2) is 0 Å². The maximum absolute atomic E-state index is 6.14. The van der Waals surface area contributed by atoms with Gasteiger partial charge in [-0.25, -0.2) is 4.98 Å². The van der Waals surface area contributed by atoms with E-state index in [-0.39, 0.29) is 0 Å². The van der Waals surface area contributed by atoms with Gasteiger partial charge in [0, 0.05) is 140 Å². The second-order valence-electron chi connectivity index (χ2n) is 38.2. The highest BCUT2D eigenvalue weighted by atomic mass is 32.1. The van der Waals surface area contributed by atoms with Gasteiger partial charge in [0.05, 0.1) is 117 Å². The topological polar surface area (TPSA) is 65.5 Å². The van der Waals surface area contributed by atoms with Gasteiger partial charge in [-0.2, -0.15) is 0 Å². The van der Waals surface area contributed by atoms with Crippen molar-refractivity contribution < 1.29 is 4.42 Å². The van der Waals surface area contributed by atoms with Crippen LogP contribution in [0.15, 0.2) is 532 Å². The lowest BCUT2D eigenvalue weighted by Crippen LogP contribution is -1.99. The molecule has 0 saturated heterocycles. The predicted molar refractivity (Wildman–Crippen MR) is 624 cm³/mol. The summed E-state index contributed by atoms with van der Waals surface area (Å²) in [6.45, 7) is 0. The second kappa shape index (κ2) is 34.1. The number of pyridine rings is 1. The van der Waals surface area contributed by atoms with Gasteiger partial charge in [-0.05, 0) is 194 Å². The van der Waals surface area contributed by atoms with E-state index in [1.807, 2.05) is 29.5 Å². The summed E-state index contributed by atoms with van der Waals surface area (Å²) in [4.78, 5) is 5.13. The molecule has 0 aliphatic rings. The van der Waals surface area contributed by atoms with E-state index in [1.165, 1.54) is 218 Å². The molecule has 0 aliphatic carbocycles. The van der Waals surface area contributed by atoms with E-state index in [9.17, 15) is 0 Å². The fourth-order valence-corrected chi connectivity index (χ4v) is 25.2. The Labute approximate surface area is 852 Å². The van der Waals surface area contributed by atoms with Gasteiger partial charge >= 0.3 is 0 Å². The van der Waals surface area contributed by atoms with E-state index in [4.69, 9.17) is 9.40 Å². The van der Waals surface area contributed by atoms with E-state index in [0.29, 0.717) is 0 Å². The summed E-state index contributed by atoms with van der Waals surface area (Å²) >= 11 is 1.87. The Morgan fingerprint density at radius 1 is 0.155 bits per heavy atom. The van der Waals surface area contributed by atoms with Crippen LogP contribution in [0.3, 0.4) is 0 Å². The number of hydrogen-bond donors (Lipinski definition) is 0. The van der Waals surface area contributed by atoms with Gasteiger partial charge in [0.25, 0.3) is 0 Å². The molecule has 0 saturated carbocycles. The molecular formula is C137H87N9OS. The normalized spacial score (nSPS) is 11.9. The molecular weight excluding hydrogens is 1820 g/mol. The summed E-state index contributed by atoms with van der Waals surface area (Å²) in [5, 5.41) is 25.1. The van der Waals surface area contributed by atoms with E-state index >= 15 is 0 Å². The Bertz CT molecular complexity index is 10700. The average molecular weight is 1910 g/mol. The maximum atomic E-state index is 6.14. The fraction of sp³-hybridized carbons (Fsp3) is 0. The van der Waals surface area contributed by atoms with Gasteiger partial charge in [0.1, 0.15) is 17.0 Å². The Morgan fingerprint density at radius 2 is 0.419 bits per heavy atom. The SMILES string of the molecule is c1ccc(-c2cccc(-n3c4ccccc4c4c(-n5c6ccccc6c6ccccc65)cccc43)n2)cc1.c1ccc(-n2c3ccccc3c3c(-n4c5ccccc5c5ccccc54)cccc32)cc1.c1ccc2c(c1)oc1ccc(-n3c4ccccc4c4c(-n5c6ccccc6c6ccccc65)cccc43)cc12.c1ccc2c(c1)sc1ccc(-n3c4ccccc4c4c(-n5c6ccccc6c6ccccc65)cccc43)cc12. The number of para-hydroxylation sites is 14. The molecule has 0 radical (unpaired) electrons. The third-order valence-electron chi connectivity index (χ3n) is 30.3. The Kier molecular flexibility index (Phi) is 19.4. The summed E-state index contributed by atoms with van der Waals surface area (Å²) in [6, 6.07) is 189. The summed E-state index contributed by atoms with van der Waals surface area (Å²) in [5.41, 5.74) is 31.5. The van der Waals surface area contributed by atoms with Crippen LogP contribution < -0.4 is 0 Å². The fourth-order valence-electron chi connectivity index (χ4n) is 24.2. The Morgan fingerprint density at radius 3 is 0.804 bits per heavy atom. The molecule has 0 bridgehead atoms. The van der Waals surface area contributed by atoms with Gasteiger partial charge in [-0.15, -0.1) is 11.3 Å². The van der Waals surface area contributed by atoms with E-state index in [1.54, 1.807) is 0 Å². The molecule has 33 rings (SSSR count). The first-order chi connectivity index (χ1) is 73.5. The third kappa shape index (κ3) is 13.0. The van der Waals surface area contributed by atoms with Crippen molar-refractivity contribution in [1.82, 2.24) is 41.5 Å². The molecule has 0 amide bonds.